The molecule has 7 nitrogen and oxygen atoms in total. The summed E-state index contributed by atoms with van der Waals surface area (Å²) >= 11 is 0. The van der Waals surface area contributed by atoms with E-state index < -0.39 is 0 Å². The van der Waals surface area contributed by atoms with E-state index in [9.17, 15) is 4.79 Å². The molecular weight excluding hydrogens is 404 g/mol. The Balaban J connectivity index is 1.32. The molecule has 4 heterocycles. The van der Waals surface area contributed by atoms with Crippen LogP contribution in [0.15, 0.2) is 62.7 Å². The number of fused-ring (bicyclic) bond motifs is 1. The van der Waals surface area contributed by atoms with Crippen LogP contribution in [-0.2, 0) is 4.79 Å². The molecule has 1 aromatic carbocycles. The van der Waals surface area contributed by atoms with Gasteiger partial charge in [-0.1, -0.05) is 32.0 Å². The number of likely N-dealkylation sites (tertiary alicyclic amines) is 1. The molecule has 1 fully saturated rings. The lowest BCUT2D eigenvalue weighted by Gasteiger charge is -2.33. The number of piperidine rings is 1. The van der Waals surface area contributed by atoms with Crippen LogP contribution in [0, 0.1) is 0 Å². The van der Waals surface area contributed by atoms with Gasteiger partial charge in [0.2, 0.25) is 0 Å². The first-order chi connectivity index (χ1) is 15.6. The van der Waals surface area contributed by atoms with Gasteiger partial charge in [0.05, 0.1) is 12.8 Å². The first kappa shape index (κ1) is 21.0. The van der Waals surface area contributed by atoms with Crippen molar-refractivity contribution in [2.75, 3.05) is 19.6 Å². The van der Waals surface area contributed by atoms with Crippen molar-refractivity contribution in [2.45, 2.75) is 51.2 Å². The minimum Gasteiger partial charge on any atom is -0.467 e. The van der Waals surface area contributed by atoms with E-state index in [4.69, 9.17) is 13.9 Å². The minimum atomic E-state index is -0.249. The Morgan fingerprint density at radius 1 is 1.19 bits per heavy atom. The van der Waals surface area contributed by atoms with Gasteiger partial charge < -0.3 is 14.2 Å². The predicted molar refractivity (Wildman–Crippen MR) is 123 cm³/mol. The van der Waals surface area contributed by atoms with Crippen molar-refractivity contribution in [3.63, 3.8) is 0 Å². The average molecular weight is 435 g/mol. The summed E-state index contributed by atoms with van der Waals surface area (Å²) in [5.74, 6) is 1.44. The fourth-order valence-corrected chi connectivity index (χ4v) is 4.71. The fraction of sp³-hybridized carbons (Fsp3) is 0.440. The summed E-state index contributed by atoms with van der Waals surface area (Å²) in [4.78, 5) is 15.5. The van der Waals surface area contributed by atoms with E-state index in [0.717, 1.165) is 48.4 Å². The zero-order valence-corrected chi connectivity index (χ0v) is 18.7. The van der Waals surface area contributed by atoms with E-state index in [2.05, 4.69) is 24.1 Å². The number of hydrogen-bond donors (Lipinski definition) is 1. The monoisotopic (exact) mass is 434 g/mol. The molecule has 0 saturated carbocycles. The van der Waals surface area contributed by atoms with Crippen molar-refractivity contribution in [1.82, 2.24) is 15.2 Å². The molecule has 0 radical (unpaired) electrons. The number of carbonyl (C=O) groups excluding carboxylic acids is 1. The third-order valence-electron chi connectivity index (χ3n) is 6.26. The van der Waals surface area contributed by atoms with Gasteiger partial charge in [0.15, 0.2) is 5.76 Å². The normalized spacial score (nSPS) is 20.4. The van der Waals surface area contributed by atoms with Gasteiger partial charge >= 0.3 is 0 Å². The standard InChI is InChI=1S/C25H30N4O3/c1-17(2)26-19-9-11-28(12-10-19)16-25(30)29-21(23-8-5-13-31-23)15-20(27-29)24-14-18-6-3-4-7-22(18)32-24/h3-8,13-14,17,19,21,26H,9-12,15-16H2,1-2H3. The van der Waals surface area contributed by atoms with Crippen molar-refractivity contribution in [3.05, 3.63) is 60.2 Å². The second-order valence-corrected chi connectivity index (χ2v) is 9.04. The fourth-order valence-electron chi connectivity index (χ4n) is 4.71. The summed E-state index contributed by atoms with van der Waals surface area (Å²) in [5.41, 5.74) is 1.60. The Kier molecular flexibility index (Phi) is 5.85. The maximum absolute atomic E-state index is 13.3. The number of amides is 1. The highest BCUT2D eigenvalue weighted by Crippen LogP contribution is 2.34. The van der Waals surface area contributed by atoms with Crippen LogP contribution < -0.4 is 5.32 Å². The Bertz CT molecular complexity index is 1060. The molecule has 7 heteroatoms. The zero-order chi connectivity index (χ0) is 22.1. The summed E-state index contributed by atoms with van der Waals surface area (Å²) in [6, 6.07) is 14.4. The number of rotatable bonds is 6. The van der Waals surface area contributed by atoms with Gasteiger partial charge in [-0.25, -0.2) is 5.01 Å². The molecule has 1 amide bonds. The molecule has 3 aromatic rings. The van der Waals surface area contributed by atoms with E-state index in [0.29, 0.717) is 30.8 Å². The van der Waals surface area contributed by atoms with Crippen molar-refractivity contribution >= 4 is 22.6 Å². The Morgan fingerprint density at radius 2 is 2.00 bits per heavy atom. The van der Waals surface area contributed by atoms with Crippen LogP contribution >= 0.6 is 0 Å². The Hall–Kier alpha value is -2.90. The van der Waals surface area contributed by atoms with Gasteiger partial charge in [-0.2, -0.15) is 5.10 Å². The molecule has 2 aromatic heterocycles. The Labute approximate surface area is 188 Å². The third kappa shape index (κ3) is 4.36. The van der Waals surface area contributed by atoms with Gasteiger partial charge in [-0.05, 0) is 37.1 Å². The largest absolute Gasteiger partial charge is 0.467 e. The first-order valence-corrected chi connectivity index (χ1v) is 11.5. The van der Waals surface area contributed by atoms with E-state index in [-0.39, 0.29) is 11.9 Å². The number of furan rings is 2. The highest BCUT2D eigenvalue weighted by Gasteiger charge is 2.36. The molecule has 2 aliphatic heterocycles. The molecule has 1 saturated heterocycles. The number of benzene rings is 1. The molecular formula is C25H30N4O3. The van der Waals surface area contributed by atoms with Crippen LogP contribution in [0.25, 0.3) is 11.0 Å². The van der Waals surface area contributed by atoms with Crippen LogP contribution in [0.1, 0.15) is 50.7 Å². The number of nitrogens with zero attached hydrogens (tertiary/aromatic N) is 3. The maximum atomic E-state index is 13.3. The lowest BCUT2D eigenvalue weighted by Crippen LogP contribution is -2.47. The first-order valence-electron chi connectivity index (χ1n) is 11.5. The topological polar surface area (TPSA) is 74.2 Å². The smallest absolute Gasteiger partial charge is 0.257 e. The Morgan fingerprint density at radius 3 is 2.72 bits per heavy atom. The highest BCUT2D eigenvalue weighted by atomic mass is 16.3. The molecule has 5 rings (SSSR count). The average Bonchev–Trinajstić information content (AvgIpc) is 3.52. The summed E-state index contributed by atoms with van der Waals surface area (Å²) in [6.07, 6.45) is 4.32. The van der Waals surface area contributed by atoms with Gasteiger partial charge in [-0.15, -0.1) is 0 Å². The van der Waals surface area contributed by atoms with Crippen LogP contribution in [0.5, 0.6) is 0 Å². The van der Waals surface area contributed by atoms with Crippen molar-refractivity contribution < 1.29 is 13.6 Å². The molecule has 0 spiro atoms. The quantitative estimate of drug-likeness (QED) is 0.630. The van der Waals surface area contributed by atoms with Crippen molar-refractivity contribution in [1.29, 1.82) is 0 Å². The molecule has 1 N–H and O–H groups in total. The van der Waals surface area contributed by atoms with Crippen LogP contribution in [0.4, 0.5) is 0 Å². The van der Waals surface area contributed by atoms with Crippen LogP contribution in [0.2, 0.25) is 0 Å². The number of carbonyl (C=O) groups is 1. The second kappa shape index (κ2) is 8.92. The minimum absolute atomic E-state index is 0.00669. The third-order valence-corrected chi connectivity index (χ3v) is 6.26. The number of hydrogen-bond acceptors (Lipinski definition) is 6. The van der Waals surface area contributed by atoms with Crippen molar-refractivity contribution in [2.24, 2.45) is 5.10 Å². The SMILES string of the molecule is CC(C)NC1CCN(CC(=O)N2N=C(c3cc4ccccc4o3)CC2c2ccco2)CC1. The molecule has 0 bridgehead atoms. The van der Waals surface area contributed by atoms with E-state index >= 15 is 0 Å². The van der Waals surface area contributed by atoms with E-state index in [1.807, 2.05) is 42.5 Å². The van der Waals surface area contributed by atoms with Gasteiger partial charge in [-0.3, -0.25) is 9.69 Å². The van der Waals surface area contributed by atoms with Gasteiger partial charge in [0, 0.05) is 37.0 Å². The molecule has 32 heavy (non-hydrogen) atoms. The summed E-state index contributed by atoms with van der Waals surface area (Å²) < 4.78 is 11.7. The maximum Gasteiger partial charge on any atom is 0.257 e. The molecule has 1 unspecified atom stereocenters. The molecule has 2 aliphatic rings. The van der Waals surface area contributed by atoms with Crippen molar-refractivity contribution in [3.8, 4) is 0 Å². The summed E-state index contributed by atoms with van der Waals surface area (Å²) in [5, 5.41) is 10.9. The summed E-state index contributed by atoms with van der Waals surface area (Å²) in [7, 11) is 0. The lowest BCUT2D eigenvalue weighted by molar-refractivity contribution is -0.134. The number of hydrazone groups is 1. The van der Waals surface area contributed by atoms with Gasteiger partial charge in [0.1, 0.15) is 23.1 Å². The molecule has 0 aliphatic carbocycles. The van der Waals surface area contributed by atoms with E-state index in [1.165, 1.54) is 0 Å². The van der Waals surface area contributed by atoms with Crippen LogP contribution in [0.3, 0.4) is 0 Å². The van der Waals surface area contributed by atoms with Crippen LogP contribution in [-0.4, -0.2) is 53.2 Å². The zero-order valence-electron chi connectivity index (χ0n) is 18.7. The predicted octanol–water partition coefficient (Wildman–Crippen LogP) is 4.17. The lowest BCUT2D eigenvalue weighted by atomic mass is 10.0. The number of nitrogens with one attached hydrogen (secondary N) is 1. The molecule has 168 valence electrons. The van der Waals surface area contributed by atoms with Gasteiger partial charge in [0.25, 0.3) is 5.91 Å². The summed E-state index contributed by atoms with van der Waals surface area (Å²) in [6.45, 7) is 6.54. The molecule has 1 atom stereocenters. The second-order valence-electron chi connectivity index (χ2n) is 9.04. The van der Waals surface area contributed by atoms with E-state index in [1.54, 1.807) is 11.3 Å². The highest BCUT2D eigenvalue weighted by molar-refractivity contribution is 6.03. The number of para-hydroxylation sites is 1.